The van der Waals surface area contributed by atoms with Crippen LogP contribution < -0.4 is 10.6 Å². The number of hydrogen-bond acceptors (Lipinski definition) is 4. The Balaban J connectivity index is 1.54. The first-order valence-electron chi connectivity index (χ1n) is 10.4. The maximum atomic E-state index is 5.43. The van der Waals surface area contributed by atoms with Crippen LogP contribution in [0.2, 0.25) is 0 Å². The summed E-state index contributed by atoms with van der Waals surface area (Å²) in [4.78, 5) is 6.85. The van der Waals surface area contributed by atoms with Crippen molar-refractivity contribution in [2.24, 2.45) is 10.9 Å². The van der Waals surface area contributed by atoms with Crippen molar-refractivity contribution in [3.05, 3.63) is 47.3 Å². The molecule has 2 aromatic rings. The lowest BCUT2D eigenvalue weighted by atomic mass is 10.1. The molecule has 0 saturated carbocycles. The smallest absolute Gasteiger partial charge is 0.191 e. The molecule has 0 bridgehead atoms. The van der Waals surface area contributed by atoms with E-state index in [4.69, 9.17) is 4.74 Å². The summed E-state index contributed by atoms with van der Waals surface area (Å²) in [7, 11) is 1.81. The van der Waals surface area contributed by atoms with Gasteiger partial charge >= 0.3 is 0 Å². The Hall–Kier alpha value is -2.38. The molecule has 0 radical (unpaired) electrons. The Labute approximate surface area is 174 Å². The van der Waals surface area contributed by atoms with Crippen LogP contribution in [0, 0.1) is 19.8 Å². The lowest BCUT2D eigenvalue weighted by Gasteiger charge is -2.29. The van der Waals surface area contributed by atoms with Crippen LogP contribution in [0.15, 0.2) is 35.3 Å². The van der Waals surface area contributed by atoms with Crippen LogP contribution in [0.3, 0.4) is 0 Å². The second kappa shape index (κ2) is 10.4. The molecule has 1 atom stereocenters. The van der Waals surface area contributed by atoms with E-state index in [1.54, 1.807) is 0 Å². The Morgan fingerprint density at radius 2 is 1.97 bits per heavy atom. The van der Waals surface area contributed by atoms with Crippen molar-refractivity contribution in [1.29, 1.82) is 0 Å². The van der Waals surface area contributed by atoms with Gasteiger partial charge in [0.2, 0.25) is 0 Å². The zero-order valence-electron chi connectivity index (χ0n) is 18.1. The molecule has 1 unspecified atom stereocenters. The van der Waals surface area contributed by atoms with Gasteiger partial charge in [-0.25, -0.2) is 4.68 Å². The minimum absolute atomic E-state index is 0.536. The van der Waals surface area contributed by atoms with E-state index < -0.39 is 0 Å². The molecule has 0 aliphatic carbocycles. The van der Waals surface area contributed by atoms with Gasteiger partial charge in [0, 0.05) is 45.5 Å². The molecule has 7 heteroatoms. The molecule has 158 valence electrons. The molecule has 1 aromatic carbocycles. The number of hydrogen-bond donors (Lipinski definition) is 2. The largest absolute Gasteiger partial charge is 0.379 e. The van der Waals surface area contributed by atoms with Crippen LogP contribution in [0.4, 0.5) is 0 Å². The van der Waals surface area contributed by atoms with E-state index in [1.165, 1.54) is 5.56 Å². The fourth-order valence-corrected chi connectivity index (χ4v) is 3.70. The van der Waals surface area contributed by atoms with Crippen LogP contribution in [-0.2, 0) is 11.3 Å². The van der Waals surface area contributed by atoms with E-state index >= 15 is 0 Å². The molecule has 29 heavy (non-hydrogen) atoms. The van der Waals surface area contributed by atoms with Crippen molar-refractivity contribution in [3.63, 3.8) is 0 Å². The maximum absolute atomic E-state index is 5.43. The van der Waals surface area contributed by atoms with E-state index in [0.29, 0.717) is 12.5 Å². The molecule has 1 aliphatic rings. The molecule has 1 saturated heterocycles. The average molecular weight is 399 g/mol. The van der Waals surface area contributed by atoms with E-state index in [2.05, 4.69) is 69.8 Å². The first-order chi connectivity index (χ1) is 14.1. The molecular formula is C22H34N6O. The quantitative estimate of drug-likeness (QED) is 0.552. The summed E-state index contributed by atoms with van der Waals surface area (Å²) in [6, 6.07) is 10.5. The second-order valence-corrected chi connectivity index (χ2v) is 7.79. The predicted molar refractivity (Wildman–Crippen MR) is 118 cm³/mol. The van der Waals surface area contributed by atoms with Gasteiger partial charge in [0.05, 0.1) is 24.6 Å². The van der Waals surface area contributed by atoms with Gasteiger partial charge in [-0.05, 0) is 37.5 Å². The minimum atomic E-state index is 0.536. The van der Waals surface area contributed by atoms with Crippen LogP contribution >= 0.6 is 0 Å². The second-order valence-electron chi connectivity index (χ2n) is 7.79. The molecule has 1 aromatic heterocycles. The van der Waals surface area contributed by atoms with E-state index in [-0.39, 0.29) is 0 Å². The molecule has 3 rings (SSSR count). The lowest BCUT2D eigenvalue weighted by molar-refractivity contribution is 0.0320. The van der Waals surface area contributed by atoms with Crippen LogP contribution in [0.1, 0.15) is 23.9 Å². The van der Waals surface area contributed by atoms with Crippen molar-refractivity contribution >= 4 is 5.96 Å². The van der Waals surface area contributed by atoms with Gasteiger partial charge in [0.1, 0.15) is 0 Å². The molecule has 7 nitrogen and oxygen atoms in total. The SMILES string of the molecule is CN=C(NCc1ccccc1-n1nc(C)cc1C)NCC(C)CN1CCOCC1. The van der Waals surface area contributed by atoms with E-state index in [1.807, 2.05) is 18.7 Å². The average Bonchev–Trinajstić information content (AvgIpc) is 3.07. The number of aryl methyl sites for hydroxylation is 2. The highest BCUT2D eigenvalue weighted by Gasteiger charge is 2.14. The molecule has 0 amide bonds. The van der Waals surface area contributed by atoms with Crippen molar-refractivity contribution in [3.8, 4) is 5.69 Å². The standard InChI is InChI=1S/C22H34N6O/c1-17(16-27-9-11-29-12-10-27)14-24-22(23-4)25-15-20-7-5-6-8-21(20)28-19(3)13-18(2)26-28/h5-8,13,17H,9-12,14-16H2,1-4H3,(H2,23,24,25). The third-order valence-electron chi connectivity index (χ3n) is 5.19. The highest BCUT2D eigenvalue weighted by molar-refractivity contribution is 5.79. The number of nitrogens with zero attached hydrogens (tertiary/aromatic N) is 4. The van der Waals surface area contributed by atoms with Gasteiger partial charge in [-0.1, -0.05) is 25.1 Å². The first kappa shape index (κ1) is 21.3. The van der Waals surface area contributed by atoms with Crippen molar-refractivity contribution in [2.75, 3.05) is 46.4 Å². The lowest BCUT2D eigenvalue weighted by Crippen LogP contribution is -2.43. The Morgan fingerprint density at radius 3 is 2.66 bits per heavy atom. The molecule has 0 spiro atoms. The molecule has 1 aliphatic heterocycles. The normalized spacial score (nSPS) is 16.6. The summed E-state index contributed by atoms with van der Waals surface area (Å²) >= 11 is 0. The minimum Gasteiger partial charge on any atom is -0.379 e. The summed E-state index contributed by atoms with van der Waals surface area (Å²) in [5, 5.41) is 11.5. The number of ether oxygens (including phenoxy) is 1. The molecule has 1 fully saturated rings. The monoisotopic (exact) mass is 398 g/mol. The molecular weight excluding hydrogens is 364 g/mol. The number of para-hydroxylation sites is 1. The first-order valence-corrected chi connectivity index (χ1v) is 10.4. The number of nitrogens with one attached hydrogen (secondary N) is 2. The number of aromatic nitrogens is 2. The zero-order valence-corrected chi connectivity index (χ0v) is 18.1. The van der Waals surface area contributed by atoms with Crippen LogP contribution in [0.5, 0.6) is 0 Å². The highest BCUT2D eigenvalue weighted by atomic mass is 16.5. The number of guanidine groups is 1. The zero-order chi connectivity index (χ0) is 20.6. The summed E-state index contributed by atoms with van der Waals surface area (Å²) < 4.78 is 7.44. The topological polar surface area (TPSA) is 66.7 Å². The highest BCUT2D eigenvalue weighted by Crippen LogP contribution is 2.16. The van der Waals surface area contributed by atoms with Gasteiger partial charge in [-0.2, -0.15) is 5.10 Å². The van der Waals surface area contributed by atoms with Crippen molar-refractivity contribution < 1.29 is 4.74 Å². The maximum Gasteiger partial charge on any atom is 0.191 e. The number of morpholine rings is 1. The summed E-state index contributed by atoms with van der Waals surface area (Å²) in [5.41, 5.74) is 4.44. The third kappa shape index (κ3) is 6.05. The fourth-order valence-electron chi connectivity index (χ4n) is 3.70. The van der Waals surface area contributed by atoms with Crippen LogP contribution in [-0.4, -0.2) is 67.1 Å². The number of aliphatic imine (C=N–C) groups is 1. The molecule has 2 N–H and O–H groups in total. The van der Waals surface area contributed by atoms with Crippen LogP contribution in [0.25, 0.3) is 5.69 Å². The number of benzene rings is 1. The van der Waals surface area contributed by atoms with Gasteiger partial charge in [-0.3, -0.25) is 9.89 Å². The van der Waals surface area contributed by atoms with E-state index in [0.717, 1.165) is 62.4 Å². The van der Waals surface area contributed by atoms with Gasteiger partial charge in [0.15, 0.2) is 5.96 Å². The number of rotatable bonds is 7. The Morgan fingerprint density at radius 1 is 1.21 bits per heavy atom. The van der Waals surface area contributed by atoms with Crippen molar-refractivity contribution in [1.82, 2.24) is 25.3 Å². The summed E-state index contributed by atoms with van der Waals surface area (Å²) in [5.74, 6) is 1.36. The fraction of sp³-hybridized carbons (Fsp3) is 0.545. The Bertz CT molecular complexity index is 809. The van der Waals surface area contributed by atoms with Gasteiger partial charge in [-0.15, -0.1) is 0 Å². The van der Waals surface area contributed by atoms with E-state index in [9.17, 15) is 0 Å². The molecule has 2 heterocycles. The third-order valence-corrected chi connectivity index (χ3v) is 5.19. The summed E-state index contributed by atoms with van der Waals surface area (Å²) in [6.07, 6.45) is 0. The predicted octanol–water partition coefficient (Wildman–Crippen LogP) is 2.12. The van der Waals surface area contributed by atoms with Gasteiger partial charge in [0.25, 0.3) is 0 Å². The van der Waals surface area contributed by atoms with Gasteiger partial charge < -0.3 is 15.4 Å². The van der Waals surface area contributed by atoms with Crippen molar-refractivity contribution in [2.45, 2.75) is 27.3 Å². The Kier molecular flexibility index (Phi) is 7.66. The summed E-state index contributed by atoms with van der Waals surface area (Å²) in [6.45, 7) is 12.8.